The van der Waals surface area contributed by atoms with Crippen molar-refractivity contribution in [1.82, 2.24) is 15.2 Å². The zero-order chi connectivity index (χ0) is 17.6. The van der Waals surface area contributed by atoms with Gasteiger partial charge in [0.1, 0.15) is 0 Å². The summed E-state index contributed by atoms with van der Waals surface area (Å²) < 4.78 is 0. The van der Waals surface area contributed by atoms with Gasteiger partial charge in [-0.25, -0.2) is 0 Å². The molecule has 6 heteroatoms. The number of aliphatic hydroxyl groups excluding tert-OH is 1. The fourth-order valence-electron chi connectivity index (χ4n) is 2.94. The number of aliphatic hydroxyl groups is 1. The first kappa shape index (κ1) is 16.9. The number of aryl methyl sites for hydroxylation is 2. The number of amides is 1. The van der Waals surface area contributed by atoms with Gasteiger partial charge in [-0.15, -0.1) is 0 Å². The molecule has 0 saturated heterocycles. The number of hydrogen-bond donors (Lipinski definition) is 3. The monoisotopic (exact) mass is 336 g/mol. The van der Waals surface area contributed by atoms with Crippen LogP contribution in [0, 0.1) is 0 Å². The second kappa shape index (κ2) is 7.72. The Balaban J connectivity index is 1.81. The number of rotatable bonds is 7. The summed E-state index contributed by atoms with van der Waals surface area (Å²) in [6.07, 6.45) is 5.22. The van der Waals surface area contributed by atoms with Crippen LogP contribution in [-0.4, -0.2) is 26.2 Å². The molecule has 0 spiro atoms. The average molecular weight is 336 g/mol. The molecule has 0 saturated carbocycles. The highest BCUT2D eigenvalue weighted by Crippen LogP contribution is 2.18. The number of aromatic nitrogens is 3. The Morgan fingerprint density at radius 1 is 1.12 bits per heavy atom. The van der Waals surface area contributed by atoms with Crippen molar-refractivity contribution in [3.05, 3.63) is 82.4 Å². The molecule has 1 amide bonds. The van der Waals surface area contributed by atoms with Crippen molar-refractivity contribution in [2.75, 3.05) is 0 Å². The lowest BCUT2D eigenvalue weighted by atomic mass is 9.99. The Labute approximate surface area is 145 Å². The first-order valence-electron chi connectivity index (χ1n) is 8.11. The van der Waals surface area contributed by atoms with Gasteiger partial charge in [-0.3, -0.25) is 14.9 Å². The van der Waals surface area contributed by atoms with Crippen molar-refractivity contribution in [3.63, 3.8) is 0 Å². The van der Waals surface area contributed by atoms with Crippen LogP contribution in [0.15, 0.2) is 48.8 Å². The Bertz CT molecular complexity index is 859. The van der Waals surface area contributed by atoms with Gasteiger partial charge >= 0.3 is 0 Å². The minimum absolute atomic E-state index is 0.00826. The second-order valence-corrected chi connectivity index (χ2v) is 5.85. The van der Waals surface area contributed by atoms with E-state index in [2.05, 4.69) is 15.2 Å². The molecule has 128 valence electrons. The molecule has 0 aliphatic carbocycles. The number of nitrogens with two attached hydrogens (primary N) is 1. The molecule has 3 rings (SSSR count). The van der Waals surface area contributed by atoms with E-state index in [0.29, 0.717) is 36.2 Å². The molecule has 3 aromatic rings. The van der Waals surface area contributed by atoms with Crippen LogP contribution in [0.25, 0.3) is 0 Å². The SMILES string of the molecule is NC(=O)c1c(CCc2ccccc2CO)n[nH]c1Cc1cccnc1. The standard InChI is InChI=1S/C19H20N4O2/c20-19(25)18-16(8-7-14-5-1-2-6-15(14)12-24)22-23-17(18)10-13-4-3-9-21-11-13/h1-6,9,11,24H,7-8,10,12H2,(H2,20,25)(H,22,23). The van der Waals surface area contributed by atoms with Gasteiger partial charge in [0.15, 0.2) is 0 Å². The van der Waals surface area contributed by atoms with Crippen LogP contribution in [0.5, 0.6) is 0 Å². The van der Waals surface area contributed by atoms with Gasteiger partial charge in [-0.1, -0.05) is 30.3 Å². The third-order valence-electron chi connectivity index (χ3n) is 4.19. The normalized spacial score (nSPS) is 10.8. The number of nitrogens with zero attached hydrogens (tertiary/aromatic N) is 2. The summed E-state index contributed by atoms with van der Waals surface area (Å²) >= 11 is 0. The zero-order valence-corrected chi connectivity index (χ0v) is 13.8. The first-order valence-corrected chi connectivity index (χ1v) is 8.11. The fraction of sp³-hybridized carbons (Fsp3) is 0.211. The molecule has 0 unspecified atom stereocenters. The van der Waals surface area contributed by atoms with E-state index >= 15 is 0 Å². The molecule has 0 aliphatic rings. The van der Waals surface area contributed by atoms with Crippen molar-refractivity contribution < 1.29 is 9.90 Å². The molecule has 0 aliphatic heterocycles. The number of primary amides is 1. The van der Waals surface area contributed by atoms with Crippen LogP contribution in [0.3, 0.4) is 0 Å². The van der Waals surface area contributed by atoms with Crippen molar-refractivity contribution in [3.8, 4) is 0 Å². The van der Waals surface area contributed by atoms with Gasteiger partial charge in [0.25, 0.3) is 5.91 Å². The summed E-state index contributed by atoms with van der Waals surface area (Å²) in [4.78, 5) is 16.0. The van der Waals surface area contributed by atoms with Crippen LogP contribution in [-0.2, 0) is 25.9 Å². The Morgan fingerprint density at radius 2 is 1.92 bits per heavy atom. The first-order chi connectivity index (χ1) is 12.2. The lowest BCUT2D eigenvalue weighted by Crippen LogP contribution is -2.15. The number of benzene rings is 1. The Hall–Kier alpha value is -2.99. The number of hydrogen-bond acceptors (Lipinski definition) is 4. The minimum Gasteiger partial charge on any atom is -0.392 e. The fourth-order valence-corrected chi connectivity index (χ4v) is 2.94. The molecule has 4 N–H and O–H groups in total. The smallest absolute Gasteiger partial charge is 0.252 e. The van der Waals surface area contributed by atoms with Crippen molar-refractivity contribution in [2.24, 2.45) is 5.73 Å². The van der Waals surface area contributed by atoms with E-state index in [9.17, 15) is 9.90 Å². The van der Waals surface area contributed by atoms with E-state index in [1.165, 1.54) is 0 Å². The third-order valence-corrected chi connectivity index (χ3v) is 4.19. The van der Waals surface area contributed by atoms with Crippen LogP contribution in [0.4, 0.5) is 0 Å². The van der Waals surface area contributed by atoms with Gasteiger partial charge < -0.3 is 10.8 Å². The summed E-state index contributed by atoms with van der Waals surface area (Å²) in [7, 11) is 0. The van der Waals surface area contributed by atoms with Crippen LogP contribution in [0.1, 0.15) is 38.4 Å². The number of nitrogens with one attached hydrogen (secondary N) is 1. The van der Waals surface area contributed by atoms with E-state index < -0.39 is 5.91 Å². The maximum absolute atomic E-state index is 11.9. The predicted molar refractivity (Wildman–Crippen MR) is 93.9 cm³/mol. The van der Waals surface area contributed by atoms with E-state index in [1.54, 1.807) is 12.4 Å². The molecule has 0 bridgehead atoms. The van der Waals surface area contributed by atoms with Crippen LogP contribution in [0.2, 0.25) is 0 Å². The molecule has 2 aromatic heterocycles. The zero-order valence-electron chi connectivity index (χ0n) is 13.8. The highest BCUT2D eigenvalue weighted by Gasteiger charge is 2.18. The molecule has 2 heterocycles. The van der Waals surface area contributed by atoms with Crippen molar-refractivity contribution >= 4 is 5.91 Å². The maximum Gasteiger partial charge on any atom is 0.252 e. The second-order valence-electron chi connectivity index (χ2n) is 5.85. The predicted octanol–water partition coefficient (Wildman–Crippen LogP) is 1.77. The lowest BCUT2D eigenvalue weighted by molar-refractivity contribution is 0.0998. The van der Waals surface area contributed by atoms with E-state index in [0.717, 1.165) is 16.7 Å². The summed E-state index contributed by atoms with van der Waals surface area (Å²) in [6, 6.07) is 11.5. The quantitative estimate of drug-likeness (QED) is 0.611. The summed E-state index contributed by atoms with van der Waals surface area (Å²) in [6.45, 7) is -0.00826. The van der Waals surface area contributed by atoms with Gasteiger partial charge in [0.05, 0.1) is 23.6 Å². The van der Waals surface area contributed by atoms with Crippen LogP contribution < -0.4 is 5.73 Å². The van der Waals surface area contributed by atoms with E-state index in [-0.39, 0.29) is 6.61 Å². The molecule has 0 fully saturated rings. The number of carbonyl (C=O) groups excluding carboxylic acids is 1. The molecule has 0 atom stereocenters. The number of pyridine rings is 1. The Kier molecular flexibility index (Phi) is 5.20. The molecular weight excluding hydrogens is 316 g/mol. The van der Waals surface area contributed by atoms with Gasteiger partial charge in [0, 0.05) is 18.8 Å². The van der Waals surface area contributed by atoms with Gasteiger partial charge in [0.2, 0.25) is 0 Å². The van der Waals surface area contributed by atoms with Gasteiger partial charge in [-0.2, -0.15) is 5.10 Å². The highest BCUT2D eigenvalue weighted by atomic mass is 16.3. The summed E-state index contributed by atoms with van der Waals surface area (Å²) in [5.74, 6) is -0.488. The molecular formula is C19H20N4O2. The third kappa shape index (κ3) is 3.92. The summed E-state index contributed by atoms with van der Waals surface area (Å²) in [5.41, 5.74) is 10.3. The highest BCUT2D eigenvalue weighted by molar-refractivity contribution is 5.95. The lowest BCUT2D eigenvalue weighted by Gasteiger charge is -2.07. The molecule has 1 aromatic carbocycles. The topological polar surface area (TPSA) is 105 Å². The molecule has 25 heavy (non-hydrogen) atoms. The average Bonchev–Trinajstić information content (AvgIpc) is 3.03. The largest absolute Gasteiger partial charge is 0.392 e. The Morgan fingerprint density at radius 3 is 2.60 bits per heavy atom. The minimum atomic E-state index is -0.488. The molecule has 6 nitrogen and oxygen atoms in total. The summed E-state index contributed by atoms with van der Waals surface area (Å²) in [5, 5.41) is 16.7. The van der Waals surface area contributed by atoms with Crippen molar-refractivity contribution in [1.29, 1.82) is 0 Å². The van der Waals surface area contributed by atoms with E-state index in [1.807, 2.05) is 36.4 Å². The van der Waals surface area contributed by atoms with Gasteiger partial charge in [-0.05, 0) is 35.6 Å². The van der Waals surface area contributed by atoms with Crippen LogP contribution >= 0.6 is 0 Å². The number of aromatic amines is 1. The molecule has 0 radical (unpaired) electrons. The van der Waals surface area contributed by atoms with E-state index in [4.69, 9.17) is 5.73 Å². The number of carbonyl (C=O) groups is 1. The maximum atomic E-state index is 11.9. The van der Waals surface area contributed by atoms with Crippen molar-refractivity contribution in [2.45, 2.75) is 25.9 Å². The number of H-pyrrole nitrogens is 1.